The Labute approximate surface area is 73.0 Å². The first-order valence-electron chi connectivity index (χ1n) is 3.70. The second-order valence-corrected chi connectivity index (χ2v) is 1.95. The number of methoxy groups -OCH3 is 1. The minimum Gasteiger partial charge on any atom is -0.384 e. The van der Waals surface area contributed by atoms with Crippen molar-refractivity contribution in [3.8, 4) is 11.8 Å². The van der Waals surface area contributed by atoms with Gasteiger partial charge in [-0.2, -0.15) is 0 Å². The molecule has 0 spiro atoms. The molecule has 0 saturated carbocycles. The SMILES string of the molecule is COC/C=C\COCC#CCO. The van der Waals surface area contributed by atoms with Crippen molar-refractivity contribution in [2.75, 3.05) is 33.5 Å². The van der Waals surface area contributed by atoms with Crippen LogP contribution in [0.2, 0.25) is 0 Å². The van der Waals surface area contributed by atoms with E-state index in [2.05, 4.69) is 11.8 Å². The van der Waals surface area contributed by atoms with Crippen LogP contribution in [0, 0.1) is 11.8 Å². The Bertz CT molecular complexity index is 164. The quantitative estimate of drug-likeness (QED) is 0.364. The lowest BCUT2D eigenvalue weighted by Crippen LogP contribution is -1.92. The van der Waals surface area contributed by atoms with Gasteiger partial charge in [-0.05, 0) is 0 Å². The van der Waals surface area contributed by atoms with E-state index in [0.29, 0.717) is 19.8 Å². The van der Waals surface area contributed by atoms with Gasteiger partial charge < -0.3 is 14.6 Å². The topological polar surface area (TPSA) is 38.7 Å². The van der Waals surface area contributed by atoms with Crippen molar-refractivity contribution in [1.82, 2.24) is 0 Å². The van der Waals surface area contributed by atoms with Gasteiger partial charge in [0.05, 0.1) is 13.2 Å². The van der Waals surface area contributed by atoms with E-state index in [1.165, 1.54) is 0 Å². The van der Waals surface area contributed by atoms with Gasteiger partial charge in [0.25, 0.3) is 0 Å². The van der Waals surface area contributed by atoms with Gasteiger partial charge >= 0.3 is 0 Å². The maximum absolute atomic E-state index is 8.28. The zero-order valence-corrected chi connectivity index (χ0v) is 7.25. The zero-order chi connectivity index (χ0) is 9.07. The Morgan fingerprint density at radius 3 is 2.67 bits per heavy atom. The molecule has 12 heavy (non-hydrogen) atoms. The Morgan fingerprint density at radius 2 is 2.00 bits per heavy atom. The fourth-order valence-corrected chi connectivity index (χ4v) is 0.517. The lowest BCUT2D eigenvalue weighted by atomic mass is 10.5. The summed E-state index contributed by atoms with van der Waals surface area (Å²) >= 11 is 0. The van der Waals surface area contributed by atoms with Gasteiger partial charge in [-0.15, -0.1) is 0 Å². The molecule has 0 aliphatic heterocycles. The van der Waals surface area contributed by atoms with Crippen molar-refractivity contribution in [3.05, 3.63) is 12.2 Å². The predicted octanol–water partition coefficient (Wildman–Crippen LogP) is 0.201. The molecule has 0 rings (SSSR count). The maximum atomic E-state index is 8.28. The summed E-state index contributed by atoms with van der Waals surface area (Å²) in [5.74, 6) is 5.12. The minimum atomic E-state index is -0.108. The molecule has 0 saturated heterocycles. The first kappa shape index (κ1) is 11.2. The molecule has 0 aromatic carbocycles. The predicted molar refractivity (Wildman–Crippen MR) is 46.7 cm³/mol. The fraction of sp³-hybridized carbons (Fsp3) is 0.556. The van der Waals surface area contributed by atoms with E-state index < -0.39 is 0 Å². The molecule has 0 unspecified atom stereocenters. The number of aliphatic hydroxyl groups excluding tert-OH is 1. The molecule has 0 aliphatic carbocycles. The molecular weight excluding hydrogens is 156 g/mol. The maximum Gasteiger partial charge on any atom is 0.108 e. The van der Waals surface area contributed by atoms with Crippen molar-refractivity contribution < 1.29 is 14.6 Å². The number of aliphatic hydroxyl groups is 1. The molecule has 0 atom stereocenters. The third kappa shape index (κ3) is 9.18. The van der Waals surface area contributed by atoms with E-state index in [1.807, 2.05) is 12.2 Å². The molecule has 1 N–H and O–H groups in total. The standard InChI is InChI=1S/C9H14O3/c1-11-7-4-5-9-12-8-3-2-6-10/h4-5,10H,6-9H2,1H3/b5-4-. The molecule has 0 amide bonds. The second-order valence-electron chi connectivity index (χ2n) is 1.95. The number of hydrogen-bond acceptors (Lipinski definition) is 3. The zero-order valence-electron chi connectivity index (χ0n) is 7.25. The molecule has 0 aromatic rings. The third-order valence-corrected chi connectivity index (χ3v) is 1.02. The number of ether oxygens (including phenoxy) is 2. The van der Waals surface area contributed by atoms with Gasteiger partial charge in [-0.25, -0.2) is 0 Å². The van der Waals surface area contributed by atoms with Crippen molar-refractivity contribution in [3.63, 3.8) is 0 Å². The van der Waals surface area contributed by atoms with Crippen molar-refractivity contribution in [2.24, 2.45) is 0 Å². The van der Waals surface area contributed by atoms with Gasteiger partial charge in [0.1, 0.15) is 13.2 Å². The second kappa shape index (κ2) is 10.2. The summed E-state index contributed by atoms with van der Waals surface area (Å²) in [4.78, 5) is 0. The van der Waals surface area contributed by atoms with Crippen LogP contribution in [0.25, 0.3) is 0 Å². The Kier molecular flexibility index (Phi) is 9.48. The average Bonchev–Trinajstić information content (AvgIpc) is 2.10. The Morgan fingerprint density at radius 1 is 1.25 bits per heavy atom. The van der Waals surface area contributed by atoms with E-state index in [0.717, 1.165) is 0 Å². The summed E-state index contributed by atoms with van der Waals surface area (Å²) in [6, 6.07) is 0. The van der Waals surface area contributed by atoms with Crippen LogP contribution in [0.3, 0.4) is 0 Å². The minimum absolute atomic E-state index is 0.108. The highest BCUT2D eigenvalue weighted by molar-refractivity contribution is 4.98. The third-order valence-electron chi connectivity index (χ3n) is 1.02. The molecule has 0 aliphatic rings. The van der Waals surface area contributed by atoms with E-state index in [1.54, 1.807) is 7.11 Å². The van der Waals surface area contributed by atoms with Crippen LogP contribution >= 0.6 is 0 Å². The van der Waals surface area contributed by atoms with Crippen LogP contribution < -0.4 is 0 Å². The van der Waals surface area contributed by atoms with Crippen LogP contribution in [0.5, 0.6) is 0 Å². The summed E-state index contributed by atoms with van der Waals surface area (Å²) in [6.07, 6.45) is 3.74. The Hall–Kier alpha value is -0.820. The lowest BCUT2D eigenvalue weighted by Gasteiger charge is -1.92. The fourth-order valence-electron chi connectivity index (χ4n) is 0.517. The highest BCUT2D eigenvalue weighted by Gasteiger charge is 1.77. The lowest BCUT2D eigenvalue weighted by molar-refractivity contribution is 0.196. The highest BCUT2D eigenvalue weighted by Crippen LogP contribution is 1.77. The van der Waals surface area contributed by atoms with E-state index in [9.17, 15) is 0 Å². The number of hydrogen-bond donors (Lipinski definition) is 1. The molecule has 0 heterocycles. The van der Waals surface area contributed by atoms with E-state index in [-0.39, 0.29) is 6.61 Å². The monoisotopic (exact) mass is 170 g/mol. The smallest absolute Gasteiger partial charge is 0.108 e. The van der Waals surface area contributed by atoms with Crippen molar-refractivity contribution in [2.45, 2.75) is 0 Å². The highest BCUT2D eigenvalue weighted by atomic mass is 16.5. The van der Waals surface area contributed by atoms with Crippen LogP contribution in [-0.2, 0) is 9.47 Å². The van der Waals surface area contributed by atoms with Crippen LogP contribution in [-0.4, -0.2) is 38.6 Å². The average molecular weight is 170 g/mol. The molecule has 0 fully saturated rings. The van der Waals surface area contributed by atoms with Crippen LogP contribution in [0.15, 0.2) is 12.2 Å². The normalized spacial score (nSPS) is 9.83. The molecule has 3 heteroatoms. The number of rotatable bonds is 5. The Balaban J connectivity index is 3.10. The summed E-state index contributed by atoms with van der Waals surface area (Å²) in [5, 5.41) is 8.28. The van der Waals surface area contributed by atoms with E-state index >= 15 is 0 Å². The van der Waals surface area contributed by atoms with Crippen molar-refractivity contribution in [1.29, 1.82) is 0 Å². The first-order chi connectivity index (χ1) is 5.91. The van der Waals surface area contributed by atoms with Gasteiger partial charge in [-0.3, -0.25) is 0 Å². The van der Waals surface area contributed by atoms with Gasteiger partial charge in [0.15, 0.2) is 0 Å². The largest absolute Gasteiger partial charge is 0.384 e. The summed E-state index contributed by atoms with van der Waals surface area (Å²) in [5.41, 5.74) is 0. The van der Waals surface area contributed by atoms with Crippen LogP contribution in [0.4, 0.5) is 0 Å². The summed E-state index contributed by atoms with van der Waals surface area (Å²) < 4.78 is 9.84. The first-order valence-corrected chi connectivity index (χ1v) is 3.70. The summed E-state index contributed by atoms with van der Waals surface area (Å²) in [7, 11) is 1.64. The molecule has 0 radical (unpaired) electrons. The molecule has 0 aromatic heterocycles. The van der Waals surface area contributed by atoms with Gasteiger partial charge in [-0.1, -0.05) is 24.0 Å². The van der Waals surface area contributed by atoms with Gasteiger partial charge in [0, 0.05) is 7.11 Å². The van der Waals surface area contributed by atoms with Gasteiger partial charge in [0.2, 0.25) is 0 Å². The van der Waals surface area contributed by atoms with Crippen molar-refractivity contribution >= 4 is 0 Å². The molecule has 3 nitrogen and oxygen atoms in total. The molecule has 68 valence electrons. The van der Waals surface area contributed by atoms with Crippen LogP contribution in [0.1, 0.15) is 0 Å². The molecular formula is C9H14O3. The molecule has 0 bridgehead atoms. The van der Waals surface area contributed by atoms with E-state index in [4.69, 9.17) is 14.6 Å². The summed E-state index contributed by atoms with van der Waals surface area (Å²) in [6.45, 7) is 1.38.